The Balaban J connectivity index is 1.76. The SMILES string of the molecule is CCN(CCC(=O)Nc1ccc(Cl)c(N)c1)CC1CCC1. The van der Waals surface area contributed by atoms with Gasteiger partial charge >= 0.3 is 0 Å². The molecule has 1 aromatic carbocycles. The second-order valence-electron chi connectivity index (χ2n) is 5.72. The highest BCUT2D eigenvalue weighted by Gasteiger charge is 2.20. The highest BCUT2D eigenvalue weighted by atomic mass is 35.5. The van der Waals surface area contributed by atoms with Crippen LogP contribution < -0.4 is 11.1 Å². The van der Waals surface area contributed by atoms with Crippen LogP contribution in [0, 0.1) is 5.92 Å². The molecule has 2 rings (SSSR count). The second kappa shape index (κ2) is 7.66. The van der Waals surface area contributed by atoms with Gasteiger partial charge in [-0.05, 0) is 43.5 Å². The number of anilines is 2. The molecular formula is C16H24ClN3O. The van der Waals surface area contributed by atoms with Crippen molar-refractivity contribution in [2.75, 3.05) is 30.7 Å². The van der Waals surface area contributed by atoms with Crippen molar-refractivity contribution in [3.8, 4) is 0 Å². The molecular weight excluding hydrogens is 286 g/mol. The number of benzene rings is 1. The summed E-state index contributed by atoms with van der Waals surface area (Å²) in [4.78, 5) is 14.3. The fraction of sp³-hybridized carbons (Fsp3) is 0.562. The summed E-state index contributed by atoms with van der Waals surface area (Å²) in [6.45, 7) is 5.08. The molecule has 1 aliphatic carbocycles. The van der Waals surface area contributed by atoms with Gasteiger partial charge in [0.1, 0.15) is 0 Å². The van der Waals surface area contributed by atoms with Gasteiger partial charge in [-0.3, -0.25) is 4.79 Å². The Bertz CT molecular complexity index is 488. The summed E-state index contributed by atoms with van der Waals surface area (Å²) in [6.07, 6.45) is 4.54. The predicted octanol–water partition coefficient (Wildman–Crippen LogP) is 3.37. The zero-order valence-electron chi connectivity index (χ0n) is 12.6. The number of hydrogen-bond acceptors (Lipinski definition) is 3. The molecule has 5 heteroatoms. The highest BCUT2D eigenvalue weighted by molar-refractivity contribution is 6.33. The molecule has 0 atom stereocenters. The Morgan fingerprint density at radius 1 is 1.48 bits per heavy atom. The van der Waals surface area contributed by atoms with Gasteiger partial charge in [-0.15, -0.1) is 0 Å². The Labute approximate surface area is 131 Å². The van der Waals surface area contributed by atoms with Crippen molar-refractivity contribution in [1.82, 2.24) is 4.90 Å². The van der Waals surface area contributed by atoms with Crippen LogP contribution in [0.25, 0.3) is 0 Å². The normalized spacial score (nSPS) is 15.0. The van der Waals surface area contributed by atoms with Crippen LogP contribution in [0.4, 0.5) is 11.4 Å². The molecule has 0 saturated heterocycles. The smallest absolute Gasteiger partial charge is 0.225 e. The third kappa shape index (κ3) is 4.90. The molecule has 3 N–H and O–H groups in total. The van der Waals surface area contributed by atoms with Crippen LogP contribution in [0.15, 0.2) is 18.2 Å². The van der Waals surface area contributed by atoms with Crippen LogP contribution in [0.1, 0.15) is 32.6 Å². The van der Waals surface area contributed by atoms with Crippen molar-refractivity contribution < 1.29 is 4.79 Å². The van der Waals surface area contributed by atoms with E-state index in [2.05, 4.69) is 17.1 Å². The first-order valence-corrected chi connectivity index (χ1v) is 8.03. The first kappa shape index (κ1) is 16.1. The highest BCUT2D eigenvalue weighted by Crippen LogP contribution is 2.27. The van der Waals surface area contributed by atoms with Crippen LogP contribution in [0.5, 0.6) is 0 Å². The molecule has 0 aromatic heterocycles. The number of amides is 1. The summed E-state index contributed by atoms with van der Waals surface area (Å²) in [5.74, 6) is 0.854. The minimum Gasteiger partial charge on any atom is -0.397 e. The Morgan fingerprint density at radius 2 is 2.24 bits per heavy atom. The second-order valence-corrected chi connectivity index (χ2v) is 6.13. The molecule has 1 aliphatic rings. The first-order valence-electron chi connectivity index (χ1n) is 7.65. The lowest BCUT2D eigenvalue weighted by Gasteiger charge is -2.31. The monoisotopic (exact) mass is 309 g/mol. The van der Waals surface area contributed by atoms with Crippen LogP contribution >= 0.6 is 11.6 Å². The van der Waals surface area contributed by atoms with E-state index >= 15 is 0 Å². The van der Waals surface area contributed by atoms with Crippen LogP contribution in [-0.4, -0.2) is 30.4 Å². The number of carbonyl (C=O) groups excluding carboxylic acids is 1. The molecule has 116 valence electrons. The summed E-state index contributed by atoms with van der Waals surface area (Å²) in [7, 11) is 0. The number of halogens is 1. The maximum absolute atomic E-state index is 12.0. The summed E-state index contributed by atoms with van der Waals surface area (Å²) < 4.78 is 0. The standard InChI is InChI=1S/C16H24ClN3O/c1-2-20(11-12-4-3-5-12)9-8-16(21)19-13-6-7-14(17)15(18)10-13/h6-7,10,12H,2-5,8-9,11,18H2,1H3,(H,19,21). The van der Waals surface area contributed by atoms with E-state index in [1.54, 1.807) is 18.2 Å². The average Bonchev–Trinajstić information content (AvgIpc) is 2.41. The van der Waals surface area contributed by atoms with Crippen molar-refractivity contribution in [3.05, 3.63) is 23.2 Å². The lowest BCUT2D eigenvalue weighted by Crippen LogP contribution is -2.34. The molecule has 0 heterocycles. The average molecular weight is 310 g/mol. The molecule has 21 heavy (non-hydrogen) atoms. The summed E-state index contributed by atoms with van der Waals surface area (Å²) in [5.41, 5.74) is 6.90. The fourth-order valence-electron chi connectivity index (χ4n) is 2.52. The van der Waals surface area contributed by atoms with E-state index < -0.39 is 0 Å². The van der Waals surface area contributed by atoms with E-state index in [-0.39, 0.29) is 5.91 Å². The van der Waals surface area contributed by atoms with E-state index in [9.17, 15) is 4.79 Å². The lowest BCUT2D eigenvalue weighted by atomic mass is 9.85. The van der Waals surface area contributed by atoms with Crippen LogP contribution in [0.3, 0.4) is 0 Å². The van der Waals surface area contributed by atoms with Crippen molar-refractivity contribution in [2.45, 2.75) is 32.6 Å². The van der Waals surface area contributed by atoms with Crippen molar-refractivity contribution in [1.29, 1.82) is 0 Å². The van der Waals surface area contributed by atoms with Crippen LogP contribution in [-0.2, 0) is 4.79 Å². The van der Waals surface area contributed by atoms with Crippen molar-refractivity contribution in [3.63, 3.8) is 0 Å². The number of nitrogen functional groups attached to an aromatic ring is 1. The quantitative estimate of drug-likeness (QED) is 0.759. The molecule has 0 aliphatic heterocycles. The third-order valence-corrected chi connectivity index (χ3v) is 4.47. The summed E-state index contributed by atoms with van der Waals surface area (Å²) in [6, 6.07) is 5.15. The number of hydrogen-bond donors (Lipinski definition) is 2. The summed E-state index contributed by atoms with van der Waals surface area (Å²) in [5, 5.41) is 3.37. The first-order chi connectivity index (χ1) is 10.1. The minimum atomic E-state index is 0.0174. The van der Waals surface area contributed by atoms with Crippen molar-refractivity contribution in [2.24, 2.45) is 5.92 Å². The van der Waals surface area contributed by atoms with E-state index in [1.807, 2.05) is 0 Å². The zero-order chi connectivity index (χ0) is 15.2. The minimum absolute atomic E-state index is 0.0174. The molecule has 1 amide bonds. The fourth-order valence-corrected chi connectivity index (χ4v) is 2.64. The maximum atomic E-state index is 12.0. The third-order valence-electron chi connectivity index (χ3n) is 4.12. The maximum Gasteiger partial charge on any atom is 0.225 e. The molecule has 1 fully saturated rings. The number of nitrogens with two attached hydrogens (primary N) is 1. The topological polar surface area (TPSA) is 58.4 Å². The van der Waals surface area contributed by atoms with Crippen LogP contribution in [0.2, 0.25) is 5.02 Å². The van der Waals surface area contributed by atoms with Gasteiger partial charge in [0.2, 0.25) is 5.91 Å². The number of carbonyl (C=O) groups is 1. The molecule has 0 unspecified atom stereocenters. The van der Waals surface area contributed by atoms with E-state index in [4.69, 9.17) is 17.3 Å². The van der Waals surface area contributed by atoms with Gasteiger partial charge in [-0.2, -0.15) is 0 Å². The molecule has 1 aromatic rings. The zero-order valence-corrected chi connectivity index (χ0v) is 13.3. The van der Waals surface area contributed by atoms with Gasteiger partial charge in [0.15, 0.2) is 0 Å². The van der Waals surface area contributed by atoms with Gasteiger partial charge < -0.3 is 16.0 Å². The molecule has 0 spiro atoms. The Morgan fingerprint density at radius 3 is 2.81 bits per heavy atom. The van der Waals surface area contributed by atoms with Gasteiger partial charge in [0.25, 0.3) is 0 Å². The van der Waals surface area contributed by atoms with Gasteiger partial charge in [0, 0.05) is 25.2 Å². The predicted molar refractivity (Wildman–Crippen MR) is 88.6 cm³/mol. The molecule has 0 bridgehead atoms. The largest absolute Gasteiger partial charge is 0.397 e. The van der Waals surface area contributed by atoms with Gasteiger partial charge in [-0.1, -0.05) is 24.9 Å². The summed E-state index contributed by atoms with van der Waals surface area (Å²) >= 11 is 5.86. The lowest BCUT2D eigenvalue weighted by molar-refractivity contribution is -0.116. The molecule has 4 nitrogen and oxygen atoms in total. The van der Waals surface area contributed by atoms with E-state index in [1.165, 1.54) is 19.3 Å². The van der Waals surface area contributed by atoms with Gasteiger partial charge in [-0.25, -0.2) is 0 Å². The Hall–Kier alpha value is -1.26. The Kier molecular flexibility index (Phi) is 5.88. The number of nitrogens with one attached hydrogen (secondary N) is 1. The van der Waals surface area contributed by atoms with Gasteiger partial charge in [0.05, 0.1) is 10.7 Å². The van der Waals surface area contributed by atoms with Crippen molar-refractivity contribution >= 4 is 28.9 Å². The number of nitrogens with zero attached hydrogens (tertiary/aromatic N) is 1. The number of rotatable bonds is 7. The van der Waals surface area contributed by atoms with E-state index in [0.29, 0.717) is 22.8 Å². The molecule has 0 radical (unpaired) electrons. The molecule has 1 saturated carbocycles. The van der Waals surface area contributed by atoms with E-state index in [0.717, 1.165) is 25.6 Å².